The lowest BCUT2D eigenvalue weighted by Gasteiger charge is -2.47. The minimum atomic E-state index is -4.74. The van der Waals surface area contributed by atoms with Crippen LogP contribution >= 0.6 is 0 Å². The lowest BCUT2D eigenvalue weighted by atomic mass is 9.79. The summed E-state index contributed by atoms with van der Waals surface area (Å²) in [5.41, 5.74) is 1.30. The molecule has 11 heteroatoms. The van der Waals surface area contributed by atoms with Crippen molar-refractivity contribution in [2.75, 3.05) is 4.90 Å². The van der Waals surface area contributed by atoms with Gasteiger partial charge in [0.25, 0.3) is 0 Å². The van der Waals surface area contributed by atoms with Crippen molar-refractivity contribution in [1.82, 2.24) is 19.7 Å². The van der Waals surface area contributed by atoms with E-state index in [0.29, 0.717) is 23.8 Å². The van der Waals surface area contributed by atoms with Crippen molar-refractivity contribution in [3.63, 3.8) is 0 Å². The maximum absolute atomic E-state index is 15.2. The summed E-state index contributed by atoms with van der Waals surface area (Å²) in [4.78, 5) is 21.2. The van der Waals surface area contributed by atoms with Gasteiger partial charge in [0.1, 0.15) is 11.6 Å². The summed E-state index contributed by atoms with van der Waals surface area (Å²) in [5, 5.41) is 3.20. The van der Waals surface area contributed by atoms with Crippen LogP contribution in [0.25, 0.3) is 22.2 Å². The van der Waals surface area contributed by atoms with Gasteiger partial charge in [-0.05, 0) is 42.3 Å². The van der Waals surface area contributed by atoms with E-state index in [1.807, 2.05) is 0 Å². The number of aromatic amines is 1. The molecule has 5 rings (SSSR count). The minimum absolute atomic E-state index is 0.0887. The zero-order valence-electron chi connectivity index (χ0n) is 17.1. The smallest absolute Gasteiger partial charge is 0.345 e. The van der Waals surface area contributed by atoms with E-state index in [-0.39, 0.29) is 27.3 Å². The number of nitrogens with zero attached hydrogens (tertiary/aromatic N) is 4. The standard InChI is InChI=1S/C22H16F5N5O/c1-2-14-20(32(21(14)33)13-3-4-17-18(7-13)29-10-28-17)19-15(23)5-11(6-16(19)24)12-8-30-31(9-12)22(25,26)27/h3-10,14,20H,2H2,1H3,(H,28,29)/t14-,20-/m0/s1. The highest BCUT2D eigenvalue weighted by Crippen LogP contribution is 2.47. The Morgan fingerprint density at radius 2 is 1.82 bits per heavy atom. The van der Waals surface area contributed by atoms with E-state index in [1.165, 1.54) is 11.2 Å². The number of anilines is 1. The largest absolute Gasteiger partial charge is 0.504 e. The monoisotopic (exact) mass is 461 g/mol. The molecule has 0 unspecified atom stereocenters. The molecule has 2 aromatic carbocycles. The van der Waals surface area contributed by atoms with Gasteiger partial charge in [0.2, 0.25) is 5.91 Å². The van der Waals surface area contributed by atoms with Gasteiger partial charge < -0.3 is 9.88 Å². The van der Waals surface area contributed by atoms with Crippen LogP contribution in [0.3, 0.4) is 0 Å². The van der Waals surface area contributed by atoms with E-state index in [0.717, 1.165) is 23.8 Å². The summed E-state index contributed by atoms with van der Waals surface area (Å²) in [6, 6.07) is 6.05. The van der Waals surface area contributed by atoms with Gasteiger partial charge in [-0.15, -0.1) is 13.2 Å². The first kappa shape index (κ1) is 21.1. The fourth-order valence-electron chi connectivity index (χ4n) is 4.28. The summed E-state index contributed by atoms with van der Waals surface area (Å²) in [7, 11) is 0. The topological polar surface area (TPSA) is 66.8 Å². The van der Waals surface area contributed by atoms with Gasteiger partial charge in [0.05, 0.1) is 35.5 Å². The quantitative estimate of drug-likeness (QED) is 0.332. The van der Waals surface area contributed by atoms with Gasteiger partial charge in [-0.25, -0.2) is 13.8 Å². The van der Waals surface area contributed by atoms with Crippen molar-refractivity contribution in [2.24, 2.45) is 5.92 Å². The van der Waals surface area contributed by atoms with E-state index in [4.69, 9.17) is 0 Å². The molecule has 0 spiro atoms. The molecule has 1 aliphatic rings. The number of hydrogen-bond acceptors (Lipinski definition) is 3. The molecule has 1 N–H and O–H groups in total. The third-order valence-electron chi connectivity index (χ3n) is 5.89. The number of aromatic nitrogens is 4. The molecule has 3 heterocycles. The predicted octanol–water partition coefficient (Wildman–Crippen LogP) is 5.30. The first-order chi connectivity index (χ1) is 15.7. The van der Waals surface area contributed by atoms with Crippen LogP contribution in [0.4, 0.5) is 27.6 Å². The first-order valence-electron chi connectivity index (χ1n) is 10.1. The van der Waals surface area contributed by atoms with Crippen LogP contribution in [0, 0.1) is 17.6 Å². The van der Waals surface area contributed by atoms with Crippen molar-refractivity contribution in [3.8, 4) is 11.1 Å². The lowest BCUT2D eigenvalue weighted by molar-refractivity contribution is -0.212. The maximum Gasteiger partial charge on any atom is 0.504 e. The minimum Gasteiger partial charge on any atom is -0.345 e. The van der Waals surface area contributed by atoms with Crippen LogP contribution in [0.2, 0.25) is 0 Å². The Bertz CT molecular complexity index is 1350. The maximum atomic E-state index is 15.2. The molecule has 0 radical (unpaired) electrons. The Morgan fingerprint density at radius 1 is 1.09 bits per heavy atom. The van der Waals surface area contributed by atoms with Crippen LogP contribution in [0.15, 0.2) is 49.1 Å². The number of fused-ring (bicyclic) bond motifs is 1. The second kappa shape index (κ2) is 7.39. The average Bonchev–Trinajstić information content (AvgIpc) is 3.42. The molecule has 6 nitrogen and oxygen atoms in total. The van der Waals surface area contributed by atoms with Crippen molar-refractivity contribution in [3.05, 3.63) is 66.3 Å². The third kappa shape index (κ3) is 3.35. The Labute approximate surface area is 183 Å². The highest BCUT2D eigenvalue weighted by Gasteiger charge is 2.50. The summed E-state index contributed by atoms with van der Waals surface area (Å²) in [5.74, 6) is -2.81. The van der Waals surface area contributed by atoms with Crippen LogP contribution in [0.5, 0.6) is 0 Å². The van der Waals surface area contributed by atoms with Crippen molar-refractivity contribution in [2.45, 2.75) is 25.7 Å². The second-order valence-corrected chi connectivity index (χ2v) is 7.77. The van der Waals surface area contributed by atoms with Crippen molar-refractivity contribution >= 4 is 22.6 Å². The summed E-state index contributed by atoms with van der Waals surface area (Å²) in [6.45, 7) is 1.75. The Hall–Kier alpha value is -3.76. The van der Waals surface area contributed by atoms with Gasteiger partial charge in [0.15, 0.2) is 0 Å². The second-order valence-electron chi connectivity index (χ2n) is 7.77. The Morgan fingerprint density at radius 3 is 2.45 bits per heavy atom. The van der Waals surface area contributed by atoms with Gasteiger partial charge in [-0.3, -0.25) is 4.79 Å². The van der Waals surface area contributed by atoms with Crippen molar-refractivity contribution in [1.29, 1.82) is 0 Å². The molecule has 0 bridgehead atoms. The zero-order valence-corrected chi connectivity index (χ0v) is 17.1. The number of carbonyl (C=O) groups is 1. The predicted molar refractivity (Wildman–Crippen MR) is 109 cm³/mol. The zero-order chi connectivity index (χ0) is 23.5. The number of imidazole rings is 1. The van der Waals surface area contributed by atoms with E-state index in [9.17, 15) is 18.0 Å². The molecular weight excluding hydrogens is 445 g/mol. The van der Waals surface area contributed by atoms with E-state index >= 15 is 8.78 Å². The van der Waals surface area contributed by atoms with Crippen LogP contribution in [0.1, 0.15) is 24.9 Å². The number of β-lactam (4-membered cyclic amide) rings is 1. The normalized spacial score (nSPS) is 18.7. The molecule has 170 valence electrons. The highest BCUT2D eigenvalue weighted by molar-refractivity contribution is 6.04. The Balaban J connectivity index is 1.55. The van der Waals surface area contributed by atoms with E-state index < -0.39 is 29.9 Å². The molecule has 4 aromatic rings. The van der Waals surface area contributed by atoms with Gasteiger partial charge in [0, 0.05) is 23.0 Å². The molecule has 1 aliphatic heterocycles. The van der Waals surface area contributed by atoms with Gasteiger partial charge in [-0.1, -0.05) is 6.92 Å². The number of amides is 1. The lowest BCUT2D eigenvalue weighted by Crippen LogP contribution is -2.55. The molecule has 1 amide bonds. The van der Waals surface area contributed by atoms with Crippen LogP contribution < -0.4 is 4.90 Å². The highest BCUT2D eigenvalue weighted by atomic mass is 19.4. The number of halogens is 5. The number of carbonyl (C=O) groups excluding carboxylic acids is 1. The number of benzene rings is 2. The molecule has 1 fully saturated rings. The SMILES string of the molecule is CC[C@@H]1C(=O)N(c2ccc3[nH]cnc3c2)[C@@H]1c1c(F)cc(-c2cnn(C(F)(F)F)c2)cc1F. The molecule has 2 aromatic heterocycles. The summed E-state index contributed by atoms with van der Waals surface area (Å²) >= 11 is 0. The molecule has 0 aliphatic carbocycles. The number of H-pyrrole nitrogens is 1. The molecular formula is C22H16F5N5O. The van der Waals surface area contributed by atoms with Gasteiger partial charge >= 0.3 is 6.30 Å². The first-order valence-corrected chi connectivity index (χ1v) is 10.1. The molecule has 0 saturated carbocycles. The van der Waals surface area contributed by atoms with Crippen LogP contribution in [-0.4, -0.2) is 25.7 Å². The Kier molecular flexibility index (Phi) is 4.73. The average molecular weight is 461 g/mol. The number of alkyl halides is 3. The van der Waals surface area contributed by atoms with Gasteiger partial charge in [-0.2, -0.15) is 9.78 Å². The van der Waals surface area contributed by atoms with E-state index in [1.54, 1.807) is 25.1 Å². The van der Waals surface area contributed by atoms with Crippen molar-refractivity contribution < 1.29 is 26.7 Å². The fraction of sp³-hybridized carbons (Fsp3) is 0.227. The summed E-state index contributed by atoms with van der Waals surface area (Å²) in [6.07, 6.45) is -1.34. The molecule has 1 saturated heterocycles. The number of nitrogens with one attached hydrogen (secondary N) is 1. The van der Waals surface area contributed by atoms with E-state index in [2.05, 4.69) is 15.1 Å². The summed E-state index contributed by atoms with van der Waals surface area (Å²) < 4.78 is 68.6. The molecule has 2 atom stereocenters. The van der Waals surface area contributed by atoms with Crippen LogP contribution in [-0.2, 0) is 11.1 Å². The number of hydrogen-bond donors (Lipinski definition) is 1. The third-order valence-corrected chi connectivity index (χ3v) is 5.89. The fourth-order valence-corrected chi connectivity index (χ4v) is 4.28. The molecule has 33 heavy (non-hydrogen) atoms. The number of rotatable bonds is 4.